The second-order valence-corrected chi connectivity index (χ2v) is 7.06. The first-order valence-electron chi connectivity index (χ1n) is 8.20. The highest BCUT2D eigenvalue weighted by molar-refractivity contribution is 9.12. The molecular formula is C20H13BrN4O. The Hall–Kier alpha value is -2.99. The number of H-pyrrole nitrogens is 1. The molecule has 0 amide bonds. The number of ketones is 1. The zero-order valence-electron chi connectivity index (χ0n) is 13.5. The van der Waals surface area contributed by atoms with Crippen LogP contribution >= 0.6 is 15.9 Å². The summed E-state index contributed by atoms with van der Waals surface area (Å²) in [5.74, 6) is 0.00160. The molecule has 0 radical (unpaired) electrons. The number of aliphatic imine (C=N–C) groups is 2. The number of nitrogens with one attached hydrogen (secondary N) is 2. The molecule has 126 valence electrons. The number of hydrogen-bond donors (Lipinski definition) is 2. The van der Waals surface area contributed by atoms with Gasteiger partial charge in [-0.05, 0) is 70.6 Å². The SMILES string of the molecule is O=C1C=C2NC1C=C1C=CC(=N1)C=c1ccc([nH]1)=CC1=NC(=C2Br)C=C1. The third kappa shape index (κ3) is 2.68. The lowest BCUT2D eigenvalue weighted by molar-refractivity contribution is -0.114. The quantitative estimate of drug-likeness (QED) is 0.688. The minimum atomic E-state index is -0.425. The summed E-state index contributed by atoms with van der Waals surface area (Å²) in [5, 5.41) is 5.17. The minimum Gasteiger partial charge on any atom is -0.371 e. The van der Waals surface area contributed by atoms with Crippen molar-refractivity contribution in [3.63, 3.8) is 0 Å². The van der Waals surface area contributed by atoms with E-state index in [-0.39, 0.29) is 5.78 Å². The van der Waals surface area contributed by atoms with Gasteiger partial charge in [0, 0.05) is 16.8 Å². The number of hydrogen-bond acceptors (Lipinski definition) is 4. The van der Waals surface area contributed by atoms with Crippen molar-refractivity contribution in [1.82, 2.24) is 10.3 Å². The number of fused-ring (bicyclic) bond motifs is 6. The lowest BCUT2D eigenvalue weighted by Crippen LogP contribution is -2.26. The lowest BCUT2D eigenvalue weighted by Gasteiger charge is -2.09. The van der Waals surface area contributed by atoms with Crippen molar-refractivity contribution in [1.29, 1.82) is 0 Å². The van der Waals surface area contributed by atoms with Gasteiger partial charge in [-0.25, -0.2) is 9.98 Å². The van der Waals surface area contributed by atoms with Gasteiger partial charge in [0.15, 0.2) is 5.78 Å². The number of nitrogens with zero attached hydrogens (tertiary/aromatic N) is 2. The largest absolute Gasteiger partial charge is 0.371 e. The van der Waals surface area contributed by atoms with Crippen LogP contribution in [0.4, 0.5) is 0 Å². The fourth-order valence-electron chi connectivity index (χ4n) is 3.14. The van der Waals surface area contributed by atoms with Gasteiger partial charge >= 0.3 is 0 Å². The predicted octanol–water partition coefficient (Wildman–Crippen LogP) is 1.53. The first-order chi connectivity index (χ1) is 12.6. The minimum absolute atomic E-state index is 0.00160. The number of aromatic amines is 1. The van der Waals surface area contributed by atoms with E-state index < -0.39 is 6.04 Å². The Morgan fingerprint density at radius 2 is 1.65 bits per heavy atom. The molecule has 0 saturated heterocycles. The van der Waals surface area contributed by atoms with E-state index in [1.54, 1.807) is 6.08 Å². The molecule has 5 heterocycles. The Balaban J connectivity index is 1.70. The number of carbonyl (C=O) groups excluding carboxylic acids is 1. The van der Waals surface area contributed by atoms with Crippen LogP contribution in [0.5, 0.6) is 0 Å². The maximum absolute atomic E-state index is 12.3. The molecule has 0 aromatic carbocycles. The molecule has 26 heavy (non-hydrogen) atoms. The lowest BCUT2D eigenvalue weighted by atomic mass is 10.2. The van der Waals surface area contributed by atoms with E-state index in [2.05, 4.69) is 36.2 Å². The van der Waals surface area contributed by atoms with Gasteiger partial charge in [-0.15, -0.1) is 0 Å². The Morgan fingerprint density at radius 1 is 0.923 bits per heavy atom. The van der Waals surface area contributed by atoms with Crippen LogP contribution in [-0.4, -0.2) is 28.2 Å². The maximum atomic E-state index is 12.3. The van der Waals surface area contributed by atoms with E-state index >= 15 is 0 Å². The van der Waals surface area contributed by atoms with Crippen molar-refractivity contribution in [2.75, 3.05) is 0 Å². The summed E-state index contributed by atoms with van der Waals surface area (Å²) in [7, 11) is 0. The fraction of sp³-hybridized carbons (Fsp3) is 0.0500. The zero-order chi connectivity index (χ0) is 17.7. The Bertz CT molecular complexity index is 1180. The molecule has 0 saturated carbocycles. The average molecular weight is 405 g/mol. The maximum Gasteiger partial charge on any atom is 0.183 e. The van der Waals surface area contributed by atoms with E-state index in [1.165, 1.54) is 0 Å². The Morgan fingerprint density at radius 3 is 2.46 bits per heavy atom. The summed E-state index contributed by atoms with van der Waals surface area (Å²) < 4.78 is 0.769. The molecule has 1 atom stereocenters. The van der Waals surface area contributed by atoms with Crippen LogP contribution in [0.15, 0.2) is 80.1 Å². The second-order valence-electron chi connectivity index (χ2n) is 6.27. The van der Waals surface area contributed by atoms with Gasteiger partial charge in [0.05, 0.1) is 33.0 Å². The Labute approximate surface area is 157 Å². The van der Waals surface area contributed by atoms with Gasteiger partial charge in [-0.3, -0.25) is 4.79 Å². The molecule has 1 aromatic heterocycles. The highest BCUT2D eigenvalue weighted by atomic mass is 79.9. The molecule has 5 nitrogen and oxygen atoms in total. The van der Waals surface area contributed by atoms with Gasteiger partial charge < -0.3 is 10.3 Å². The molecule has 8 bridgehead atoms. The first kappa shape index (κ1) is 15.3. The van der Waals surface area contributed by atoms with Crippen molar-refractivity contribution in [2.45, 2.75) is 6.04 Å². The monoisotopic (exact) mass is 404 g/mol. The van der Waals surface area contributed by atoms with Crippen molar-refractivity contribution in [3.8, 4) is 0 Å². The van der Waals surface area contributed by atoms with Gasteiger partial charge in [-0.2, -0.15) is 0 Å². The van der Waals surface area contributed by atoms with Crippen LogP contribution in [0.3, 0.4) is 0 Å². The molecule has 5 rings (SSSR count). The fourth-order valence-corrected chi connectivity index (χ4v) is 3.59. The first-order valence-corrected chi connectivity index (χ1v) is 8.99. The van der Waals surface area contributed by atoms with E-state index in [1.807, 2.05) is 54.7 Å². The third-order valence-corrected chi connectivity index (χ3v) is 5.22. The van der Waals surface area contributed by atoms with Gasteiger partial charge in [0.2, 0.25) is 0 Å². The van der Waals surface area contributed by atoms with Crippen LogP contribution in [-0.2, 0) is 4.79 Å². The van der Waals surface area contributed by atoms with Gasteiger partial charge in [0.25, 0.3) is 0 Å². The standard InChI is InChI=1S/C20H13BrN4O/c21-20-16-6-5-14(24-16)8-13-2-1-11(22-13)7-12-3-4-15(23-12)9-17-19(26)10-18(20)25-17/h1-10,17,22,25H. The number of rotatable bonds is 0. The second kappa shape index (κ2) is 5.78. The van der Waals surface area contributed by atoms with E-state index in [0.717, 1.165) is 43.7 Å². The smallest absolute Gasteiger partial charge is 0.183 e. The number of carbonyl (C=O) groups is 1. The predicted molar refractivity (Wildman–Crippen MR) is 106 cm³/mol. The number of allylic oxidation sites excluding steroid dienone is 5. The molecule has 4 aliphatic heterocycles. The molecular weight excluding hydrogens is 392 g/mol. The third-order valence-electron chi connectivity index (χ3n) is 4.39. The summed E-state index contributed by atoms with van der Waals surface area (Å²) in [4.78, 5) is 24.9. The van der Waals surface area contributed by atoms with E-state index in [4.69, 9.17) is 0 Å². The van der Waals surface area contributed by atoms with Crippen molar-refractivity contribution < 1.29 is 4.79 Å². The molecule has 0 spiro atoms. The van der Waals surface area contributed by atoms with Crippen LogP contribution < -0.4 is 16.0 Å². The molecule has 2 N–H and O–H groups in total. The van der Waals surface area contributed by atoms with E-state index in [9.17, 15) is 4.79 Å². The average Bonchev–Trinajstić information content (AvgIpc) is 3.38. The Kier molecular flexibility index (Phi) is 3.39. The van der Waals surface area contributed by atoms with Gasteiger partial charge in [-0.1, -0.05) is 0 Å². The van der Waals surface area contributed by atoms with Crippen LogP contribution in [0.2, 0.25) is 0 Å². The van der Waals surface area contributed by atoms with Crippen molar-refractivity contribution in [3.05, 3.63) is 80.9 Å². The summed E-state index contributed by atoms with van der Waals surface area (Å²) in [6, 6.07) is 3.59. The molecule has 0 aliphatic carbocycles. The van der Waals surface area contributed by atoms with Crippen LogP contribution in [0.1, 0.15) is 0 Å². The van der Waals surface area contributed by atoms with Gasteiger partial charge in [0.1, 0.15) is 6.04 Å². The summed E-state index contributed by atoms with van der Waals surface area (Å²) >= 11 is 3.57. The number of halogens is 1. The van der Waals surface area contributed by atoms with Crippen molar-refractivity contribution >= 4 is 45.3 Å². The summed E-state index contributed by atoms with van der Waals surface area (Å²) in [6.45, 7) is 0. The molecule has 4 aliphatic rings. The summed E-state index contributed by atoms with van der Waals surface area (Å²) in [5.41, 5.74) is 3.97. The molecule has 1 unspecified atom stereocenters. The zero-order valence-corrected chi connectivity index (χ0v) is 15.1. The molecule has 6 heteroatoms. The molecule has 1 aromatic rings. The normalized spacial score (nSPS) is 23.1. The molecule has 0 fully saturated rings. The van der Waals surface area contributed by atoms with Crippen LogP contribution in [0, 0.1) is 0 Å². The highest BCUT2D eigenvalue weighted by Gasteiger charge is 2.26. The topological polar surface area (TPSA) is 69.6 Å². The summed E-state index contributed by atoms with van der Waals surface area (Å²) in [6.07, 6.45) is 15.1. The van der Waals surface area contributed by atoms with Crippen LogP contribution in [0.25, 0.3) is 12.2 Å². The van der Waals surface area contributed by atoms with E-state index in [0.29, 0.717) is 0 Å². The highest BCUT2D eigenvalue weighted by Crippen LogP contribution is 2.28. The van der Waals surface area contributed by atoms with Crippen molar-refractivity contribution in [2.24, 2.45) is 9.98 Å². The number of aromatic nitrogens is 1.